The summed E-state index contributed by atoms with van der Waals surface area (Å²) in [5, 5.41) is 3.40. The Hall–Kier alpha value is -3.23. The Morgan fingerprint density at radius 1 is 1.00 bits per heavy atom. The second kappa shape index (κ2) is 10.1. The highest BCUT2D eigenvalue weighted by molar-refractivity contribution is 7.92. The minimum absolute atomic E-state index is 0.00384. The number of sulfonamides is 1. The van der Waals surface area contributed by atoms with Crippen molar-refractivity contribution < 1.29 is 22.7 Å². The summed E-state index contributed by atoms with van der Waals surface area (Å²) < 4.78 is 37.6. The van der Waals surface area contributed by atoms with Crippen LogP contribution in [0.15, 0.2) is 60.7 Å². The fourth-order valence-electron chi connectivity index (χ4n) is 3.30. The Balaban J connectivity index is 2.14. The van der Waals surface area contributed by atoms with E-state index in [9.17, 15) is 13.2 Å². The number of ether oxygens (including phenoxy) is 2. The second-order valence-electron chi connectivity index (χ2n) is 7.39. The van der Waals surface area contributed by atoms with Gasteiger partial charge >= 0.3 is 0 Å². The van der Waals surface area contributed by atoms with Crippen LogP contribution in [-0.4, -0.2) is 34.8 Å². The highest BCUT2D eigenvalue weighted by Crippen LogP contribution is 2.37. The fourth-order valence-corrected chi connectivity index (χ4v) is 4.31. The number of rotatable bonds is 8. The van der Waals surface area contributed by atoms with Gasteiger partial charge in [0, 0.05) is 16.8 Å². The fraction of sp³-hybridized carbons (Fsp3) is 0.208. The van der Waals surface area contributed by atoms with Crippen LogP contribution >= 0.6 is 11.6 Å². The molecule has 0 aromatic heterocycles. The van der Waals surface area contributed by atoms with E-state index >= 15 is 0 Å². The Morgan fingerprint density at radius 3 is 2.18 bits per heavy atom. The summed E-state index contributed by atoms with van der Waals surface area (Å²) in [6.45, 7) is 1.87. The van der Waals surface area contributed by atoms with Crippen LogP contribution < -0.4 is 19.1 Å². The molecule has 0 radical (unpaired) electrons. The molecule has 0 unspecified atom stereocenters. The first-order chi connectivity index (χ1) is 15.6. The lowest BCUT2D eigenvalue weighted by atomic mass is 10.1. The lowest BCUT2D eigenvalue weighted by Crippen LogP contribution is -2.31. The summed E-state index contributed by atoms with van der Waals surface area (Å²) in [5.41, 5.74) is 2.47. The molecule has 0 saturated carbocycles. The third kappa shape index (κ3) is 5.77. The first-order valence-corrected chi connectivity index (χ1v) is 12.2. The van der Waals surface area contributed by atoms with Crippen molar-refractivity contribution in [3.8, 4) is 11.5 Å². The van der Waals surface area contributed by atoms with Crippen molar-refractivity contribution in [3.63, 3.8) is 0 Å². The zero-order chi connectivity index (χ0) is 24.2. The smallest absolute Gasteiger partial charge is 0.257 e. The Morgan fingerprint density at radius 2 is 1.61 bits per heavy atom. The number of amides is 1. The number of hydrogen-bond donors (Lipinski definition) is 1. The molecule has 0 aliphatic carbocycles. The van der Waals surface area contributed by atoms with Gasteiger partial charge in [-0.15, -0.1) is 0 Å². The molecule has 0 heterocycles. The third-order valence-corrected chi connectivity index (χ3v) is 6.43. The number of methoxy groups -OCH3 is 2. The van der Waals surface area contributed by atoms with Gasteiger partial charge in [-0.05, 0) is 42.3 Å². The summed E-state index contributed by atoms with van der Waals surface area (Å²) in [4.78, 5) is 13.3. The quantitative estimate of drug-likeness (QED) is 0.488. The number of para-hydroxylation sites is 1. The van der Waals surface area contributed by atoms with E-state index in [4.69, 9.17) is 21.1 Å². The number of carbonyl (C=O) groups is 1. The lowest BCUT2D eigenvalue weighted by Gasteiger charge is -2.26. The van der Waals surface area contributed by atoms with E-state index in [0.717, 1.165) is 16.1 Å². The number of anilines is 2. The molecule has 0 saturated heterocycles. The van der Waals surface area contributed by atoms with E-state index in [1.165, 1.54) is 26.4 Å². The molecule has 1 N–H and O–H groups in total. The van der Waals surface area contributed by atoms with E-state index in [1.54, 1.807) is 30.3 Å². The first kappa shape index (κ1) is 24.4. The van der Waals surface area contributed by atoms with Crippen LogP contribution in [0.3, 0.4) is 0 Å². The Bertz CT molecular complexity index is 1260. The molecule has 0 aliphatic rings. The van der Waals surface area contributed by atoms with E-state index in [0.29, 0.717) is 27.8 Å². The molecule has 1 amide bonds. The highest BCUT2D eigenvalue weighted by atomic mass is 35.5. The van der Waals surface area contributed by atoms with Crippen molar-refractivity contribution in [2.45, 2.75) is 13.5 Å². The van der Waals surface area contributed by atoms with Crippen LogP contribution in [0.4, 0.5) is 11.4 Å². The van der Waals surface area contributed by atoms with Gasteiger partial charge in [-0.3, -0.25) is 9.10 Å². The average Bonchev–Trinajstić information content (AvgIpc) is 2.78. The van der Waals surface area contributed by atoms with Crippen LogP contribution in [0.25, 0.3) is 0 Å². The zero-order valence-corrected chi connectivity index (χ0v) is 20.3. The molecule has 3 aromatic rings. The molecule has 0 spiro atoms. The Labute approximate surface area is 198 Å². The van der Waals surface area contributed by atoms with Crippen LogP contribution in [0.1, 0.15) is 21.5 Å². The van der Waals surface area contributed by atoms with E-state index < -0.39 is 15.9 Å². The number of aryl methyl sites for hydroxylation is 1. The van der Waals surface area contributed by atoms with Crippen LogP contribution in [0.5, 0.6) is 11.5 Å². The topological polar surface area (TPSA) is 84.9 Å². The van der Waals surface area contributed by atoms with Gasteiger partial charge in [0.05, 0.1) is 38.3 Å². The number of halogens is 1. The number of benzene rings is 3. The number of hydrogen-bond acceptors (Lipinski definition) is 5. The van der Waals surface area contributed by atoms with Crippen molar-refractivity contribution >= 4 is 38.9 Å². The molecule has 0 bridgehead atoms. The summed E-state index contributed by atoms with van der Waals surface area (Å²) >= 11 is 5.97. The minimum Gasteiger partial charge on any atom is -0.493 e. The molecule has 174 valence electrons. The van der Waals surface area contributed by atoms with Crippen molar-refractivity contribution in [3.05, 3.63) is 82.4 Å². The molecule has 3 aromatic carbocycles. The van der Waals surface area contributed by atoms with Crippen molar-refractivity contribution in [2.75, 3.05) is 30.1 Å². The van der Waals surface area contributed by atoms with E-state index in [-0.39, 0.29) is 17.8 Å². The van der Waals surface area contributed by atoms with Crippen LogP contribution in [0, 0.1) is 6.92 Å². The van der Waals surface area contributed by atoms with Gasteiger partial charge in [0.2, 0.25) is 10.0 Å². The second-order valence-corrected chi connectivity index (χ2v) is 9.73. The third-order valence-electron chi connectivity index (χ3n) is 5.05. The maximum Gasteiger partial charge on any atom is 0.257 e. The molecule has 0 atom stereocenters. The highest BCUT2D eigenvalue weighted by Gasteiger charge is 2.27. The monoisotopic (exact) mass is 488 g/mol. The van der Waals surface area contributed by atoms with Gasteiger partial charge in [0.15, 0.2) is 11.5 Å². The minimum atomic E-state index is -3.78. The molecule has 0 aliphatic heterocycles. The van der Waals surface area contributed by atoms with E-state index in [1.807, 2.05) is 25.1 Å². The molecule has 7 nitrogen and oxygen atoms in total. The standard InChI is InChI=1S/C24H25ClN2O5S/c1-16-7-5-6-8-20(16)26-24(28)19-13-22(31-2)23(32-3)14-21(19)27(33(4,29)30)15-17-9-11-18(25)12-10-17/h5-14H,15H2,1-4H3,(H,26,28). The van der Waals surface area contributed by atoms with Crippen molar-refractivity contribution in [1.29, 1.82) is 0 Å². The molecular weight excluding hydrogens is 464 g/mol. The number of carbonyl (C=O) groups excluding carboxylic acids is 1. The lowest BCUT2D eigenvalue weighted by molar-refractivity contribution is 0.102. The molecule has 9 heteroatoms. The molecule has 0 fully saturated rings. The average molecular weight is 489 g/mol. The molecule has 3 rings (SSSR count). The van der Waals surface area contributed by atoms with Gasteiger partial charge in [-0.25, -0.2) is 8.42 Å². The Kier molecular flexibility index (Phi) is 7.50. The maximum absolute atomic E-state index is 13.3. The predicted octanol–water partition coefficient (Wildman–Crippen LogP) is 4.88. The van der Waals surface area contributed by atoms with Gasteiger partial charge in [0.1, 0.15) is 0 Å². The van der Waals surface area contributed by atoms with Gasteiger partial charge in [-0.2, -0.15) is 0 Å². The normalized spacial score (nSPS) is 11.1. The summed E-state index contributed by atoms with van der Waals surface area (Å²) in [5.74, 6) is 0.117. The SMILES string of the molecule is COc1cc(C(=O)Nc2ccccc2C)c(N(Cc2ccc(Cl)cc2)S(C)(=O)=O)cc1OC. The van der Waals surface area contributed by atoms with Gasteiger partial charge < -0.3 is 14.8 Å². The summed E-state index contributed by atoms with van der Waals surface area (Å²) in [6, 6.07) is 17.1. The molecular formula is C24H25ClN2O5S. The first-order valence-electron chi connectivity index (χ1n) is 9.99. The zero-order valence-electron chi connectivity index (χ0n) is 18.8. The molecule has 33 heavy (non-hydrogen) atoms. The predicted molar refractivity (Wildman–Crippen MR) is 131 cm³/mol. The van der Waals surface area contributed by atoms with Gasteiger partial charge in [-0.1, -0.05) is 41.9 Å². The largest absolute Gasteiger partial charge is 0.493 e. The number of nitrogens with one attached hydrogen (secondary N) is 1. The van der Waals surface area contributed by atoms with E-state index in [2.05, 4.69) is 5.32 Å². The number of nitrogens with zero attached hydrogens (tertiary/aromatic N) is 1. The van der Waals surface area contributed by atoms with Crippen molar-refractivity contribution in [2.24, 2.45) is 0 Å². The summed E-state index contributed by atoms with van der Waals surface area (Å²) in [6.07, 6.45) is 1.09. The van der Waals surface area contributed by atoms with Crippen molar-refractivity contribution in [1.82, 2.24) is 0 Å². The van der Waals surface area contributed by atoms with Crippen LogP contribution in [-0.2, 0) is 16.6 Å². The summed E-state index contributed by atoms with van der Waals surface area (Å²) in [7, 11) is -0.894. The van der Waals surface area contributed by atoms with Crippen LogP contribution in [0.2, 0.25) is 5.02 Å². The van der Waals surface area contributed by atoms with Gasteiger partial charge in [0.25, 0.3) is 5.91 Å². The maximum atomic E-state index is 13.3.